The molecule has 0 saturated heterocycles. The number of rotatable bonds is 3. The quantitative estimate of drug-likeness (QED) is 0.412. The highest BCUT2D eigenvalue weighted by atomic mass is 35.5. The molecule has 2 aromatic heterocycles. The molecule has 0 amide bonds. The number of hydrogen-bond donors (Lipinski definition) is 0. The smallest absolute Gasteiger partial charge is 0.273 e. The van der Waals surface area contributed by atoms with Crippen LogP contribution in [-0.4, -0.2) is 14.5 Å². The van der Waals surface area contributed by atoms with Crippen molar-refractivity contribution in [3.8, 4) is 0 Å². The molecule has 1 aliphatic carbocycles. The Morgan fingerprint density at radius 1 is 1.03 bits per heavy atom. The molecule has 2 aromatic carbocycles. The predicted octanol–water partition coefficient (Wildman–Crippen LogP) is 5.69. The second-order valence-electron chi connectivity index (χ2n) is 7.82. The highest BCUT2D eigenvalue weighted by molar-refractivity contribution is 6.39. The summed E-state index contributed by atoms with van der Waals surface area (Å²) in [7, 11) is 0. The number of halogens is 1. The maximum atomic E-state index is 13.6. The zero-order valence-corrected chi connectivity index (χ0v) is 16.9. The average Bonchev–Trinajstić information content (AvgIpc) is 2.76. The first-order valence-electron chi connectivity index (χ1n) is 10.2. The first kappa shape index (κ1) is 18.3. The van der Waals surface area contributed by atoms with Gasteiger partial charge in [-0.15, -0.1) is 0 Å². The van der Waals surface area contributed by atoms with Gasteiger partial charge in [-0.05, 0) is 30.5 Å². The summed E-state index contributed by atoms with van der Waals surface area (Å²) in [5, 5.41) is 1.47. The molecule has 146 valence electrons. The van der Waals surface area contributed by atoms with Crippen LogP contribution in [0.25, 0.3) is 21.9 Å². The molecule has 4 aromatic rings. The molecular weight excluding hydrogens is 382 g/mol. The Balaban J connectivity index is 1.79. The Morgan fingerprint density at radius 2 is 1.83 bits per heavy atom. The molecule has 1 saturated carbocycles. The van der Waals surface area contributed by atoms with Gasteiger partial charge in [-0.1, -0.05) is 67.3 Å². The SMILES string of the molecule is O=c1c(Cc2ccccc2)nc2cc3cccnc3c(Cl)c2n1C1CCCCC1. The highest BCUT2D eigenvalue weighted by Gasteiger charge is 2.23. The summed E-state index contributed by atoms with van der Waals surface area (Å²) in [4.78, 5) is 22.8. The third-order valence-electron chi connectivity index (χ3n) is 5.91. The summed E-state index contributed by atoms with van der Waals surface area (Å²) in [5.74, 6) is 0. The van der Waals surface area contributed by atoms with E-state index in [1.54, 1.807) is 6.20 Å². The molecule has 0 unspecified atom stereocenters. The van der Waals surface area contributed by atoms with E-state index < -0.39 is 0 Å². The van der Waals surface area contributed by atoms with Crippen LogP contribution in [-0.2, 0) is 6.42 Å². The molecule has 0 spiro atoms. The van der Waals surface area contributed by atoms with Crippen LogP contribution in [0.5, 0.6) is 0 Å². The highest BCUT2D eigenvalue weighted by Crippen LogP contribution is 2.35. The molecule has 0 atom stereocenters. The second kappa shape index (κ2) is 7.60. The van der Waals surface area contributed by atoms with E-state index in [1.165, 1.54) is 6.42 Å². The van der Waals surface area contributed by atoms with Gasteiger partial charge < -0.3 is 4.57 Å². The Kier molecular flexibility index (Phi) is 4.80. The summed E-state index contributed by atoms with van der Waals surface area (Å²) in [6, 6.07) is 16.1. The van der Waals surface area contributed by atoms with Crippen molar-refractivity contribution in [3.05, 3.63) is 81.4 Å². The molecule has 0 radical (unpaired) electrons. The van der Waals surface area contributed by atoms with E-state index in [1.807, 2.05) is 53.1 Å². The normalized spacial score (nSPS) is 15.2. The van der Waals surface area contributed by atoms with Gasteiger partial charge in [-0.25, -0.2) is 4.98 Å². The number of benzene rings is 2. The van der Waals surface area contributed by atoms with Gasteiger partial charge >= 0.3 is 0 Å². The zero-order chi connectivity index (χ0) is 19.8. The van der Waals surface area contributed by atoms with Gasteiger partial charge in [-0.2, -0.15) is 0 Å². The summed E-state index contributed by atoms with van der Waals surface area (Å²) in [6.45, 7) is 0. The van der Waals surface area contributed by atoms with E-state index in [9.17, 15) is 4.79 Å². The molecular formula is C24H22ClN3O. The lowest BCUT2D eigenvalue weighted by atomic mass is 9.94. The molecule has 0 aliphatic heterocycles. The Hall–Kier alpha value is -2.72. The molecule has 29 heavy (non-hydrogen) atoms. The summed E-state index contributed by atoms with van der Waals surface area (Å²) in [6.07, 6.45) is 7.76. The first-order chi connectivity index (χ1) is 14.2. The van der Waals surface area contributed by atoms with Gasteiger partial charge in [0.05, 0.1) is 21.6 Å². The zero-order valence-electron chi connectivity index (χ0n) is 16.1. The topological polar surface area (TPSA) is 47.8 Å². The third-order valence-corrected chi connectivity index (χ3v) is 6.26. The van der Waals surface area contributed by atoms with E-state index in [2.05, 4.69) is 4.98 Å². The summed E-state index contributed by atoms with van der Waals surface area (Å²) >= 11 is 6.82. The fraction of sp³-hybridized carbons (Fsp3) is 0.292. The molecule has 0 bridgehead atoms. The van der Waals surface area contributed by atoms with Crippen molar-refractivity contribution in [1.82, 2.24) is 14.5 Å². The fourth-order valence-corrected chi connectivity index (χ4v) is 4.84. The lowest BCUT2D eigenvalue weighted by molar-refractivity contribution is 0.353. The molecule has 2 heterocycles. The van der Waals surface area contributed by atoms with Crippen LogP contribution in [0.4, 0.5) is 0 Å². The van der Waals surface area contributed by atoms with Crippen LogP contribution in [0.15, 0.2) is 59.5 Å². The summed E-state index contributed by atoms with van der Waals surface area (Å²) in [5.41, 5.74) is 3.86. The minimum Gasteiger partial charge on any atom is -0.301 e. The van der Waals surface area contributed by atoms with Gasteiger partial charge in [0, 0.05) is 24.0 Å². The molecule has 1 fully saturated rings. The van der Waals surface area contributed by atoms with Crippen LogP contribution >= 0.6 is 11.6 Å². The van der Waals surface area contributed by atoms with Crippen molar-refractivity contribution in [3.63, 3.8) is 0 Å². The molecule has 5 rings (SSSR count). The minimum absolute atomic E-state index is 0.0227. The van der Waals surface area contributed by atoms with E-state index in [-0.39, 0.29) is 11.6 Å². The van der Waals surface area contributed by atoms with E-state index in [0.29, 0.717) is 17.1 Å². The number of hydrogen-bond acceptors (Lipinski definition) is 3. The van der Waals surface area contributed by atoms with Crippen molar-refractivity contribution in [1.29, 1.82) is 0 Å². The van der Waals surface area contributed by atoms with Crippen LogP contribution in [0.1, 0.15) is 49.4 Å². The molecule has 0 N–H and O–H groups in total. The lowest BCUT2D eigenvalue weighted by Gasteiger charge is -2.26. The first-order valence-corrected chi connectivity index (χ1v) is 10.6. The number of pyridine rings is 1. The van der Waals surface area contributed by atoms with Gasteiger partial charge in [0.15, 0.2) is 0 Å². The van der Waals surface area contributed by atoms with Crippen molar-refractivity contribution >= 4 is 33.5 Å². The maximum absolute atomic E-state index is 13.6. The molecule has 1 aliphatic rings. The van der Waals surface area contributed by atoms with Crippen molar-refractivity contribution in [2.24, 2.45) is 0 Å². The van der Waals surface area contributed by atoms with Gasteiger partial charge in [0.25, 0.3) is 5.56 Å². The number of aromatic nitrogens is 3. The van der Waals surface area contributed by atoms with Crippen LogP contribution in [0.3, 0.4) is 0 Å². The van der Waals surface area contributed by atoms with Crippen molar-refractivity contribution in [2.75, 3.05) is 0 Å². The monoisotopic (exact) mass is 403 g/mol. The minimum atomic E-state index is -0.0227. The standard InChI is InChI=1S/C24H22ClN3O/c25-21-22-17(10-7-13-26-22)15-19-23(21)28(18-11-5-2-6-12-18)24(29)20(27-19)14-16-8-3-1-4-9-16/h1,3-4,7-10,13,15,18H,2,5-6,11-12,14H2. The van der Waals surface area contributed by atoms with Crippen LogP contribution in [0, 0.1) is 0 Å². The average molecular weight is 404 g/mol. The molecule has 4 nitrogen and oxygen atoms in total. The van der Waals surface area contributed by atoms with Crippen molar-refractivity contribution in [2.45, 2.75) is 44.6 Å². The lowest BCUT2D eigenvalue weighted by Crippen LogP contribution is -2.30. The fourth-order valence-electron chi connectivity index (χ4n) is 4.50. The van der Waals surface area contributed by atoms with Gasteiger partial charge in [0.2, 0.25) is 0 Å². The maximum Gasteiger partial charge on any atom is 0.273 e. The third kappa shape index (κ3) is 3.32. The Bertz CT molecular complexity index is 1240. The largest absolute Gasteiger partial charge is 0.301 e. The van der Waals surface area contributed by atoms with Crippen LogP contribution < -0.4 is 5.56 Å². The van der Waals surface area contributed by atoms with Gasteiger partial charge in [0.1, 0.15) is 5.69 Å². The van der Waals surface area contributed by atoms with Gasteiger partial charge in [-0.3, -0.25) is 9.78 Å². The van der Waals surface area contributed by atoms with Crippen molar-refractivity contribution < 1.29 is 0 Å². The Labute approximate surface area is 174 Å². The van der Waals surface area contributed by atoms with E-state index >= 15 is 0 Å². The Morgan fingerprint density at radius 3 is 2.62 bits per heavy atom. The number of fused-ring (bicyclic) bond motifs is 2. The predicted molar refractivity (Wildman–Crippen MR) is 118 cm³/mol. The van der Waals surface area contributed by atoms with Crippen LogP contribution in [0.2, 0.25) is 5.02 Å². The second-order valence-corrected chi connectivity index (χ2v) is 8.20. The van der Waals surface area contributed by atoms with E-state index in [0.717, 1.165) is 53.2 Å². The summed E-state index contributed by atoms with van der Waals surface area (Å²) < 4.78 is 1.93. The molecule has 5 heteroatoms. The van der Waals surface area contributed by atoms with E-state index in [4.69, 9.17) is 16.6 Å². The number of nitrogens with zero attached hydrogens (tertiary/aromatic N) is 3.